The normalized spacial score (nSPS) is 27.1. The van der Waals surface area contributed by atoms with Crippen molar-refractivity contribution in [1.29, 1.82) is 0 Å². The first-order chi connectivity index (χ1) is 16.6. The van der Waals surface area contributed by atoms with E-state index in [0.717, 1.165) is 50.2 Å². The van der Waals surface area contributed by atoms with Gasteiger partial charge in [0.25, 0.3) is 0 Å². The molecular weight excluding hydrogens is 432 g/mol. The van der Waals surface area contributed by atoms with Crippen molar-refractivity contribution in [3.63, 3.8) is 0 Å². The van der Waals surface area contributed by atoms with E-state index in [1.807, 2.05) is 6.07 Å². The summed E-state index contributed by atoms with van der Waals surface area (Å²) in [6.07, 6.45) is 12.7. The molecular formula is C24H36N8O2. The lowest BCUT2D eigenvalue weighted by Crippen LogP contribution is -2.53. The first-order valence-corrected chi connectivity index (χ1v) is 12.7. The van der Waals surface area contributed by atoms with Crippen molar-refractivity contribution in [2.24, 2.45) is 0 Å². The van der Waals surface area contributed by atoms with Crippen LogP contribution in [-0.4, -0.2) is 57.5 Å². The summed E-state index contributed by atoms with van der Waals surface area (Å²) >= 11 is 0. The number of hydrogen-bond donors (Lipinski definition) is 5. The first-order valence-electron chi connectivity index (χ1n) is 12.7. The third kappa shape index (κ3) is 5.78. The number of nitrogens with zero attached hydrogens (tertiary/aromatic N) is 3. The highest BCUT2D eigenvalue weighted by atomic mass is 16.5. The van der Waals surface area contributed by atoms with Gasteiger partial charge in [-0.05, 0) is 57.4 Å². The summed E-state index contributed by atoms with van der Waals surface area (Å²) in [4.78, 5) is 21.2. The van der Waals surface area contributed by atoms with E-state index in [0.29, 0.717) is 17.9 Å². The Morgan fingerprint density at radius 1 is 1.00 bits per heavy atom. The average Bonchev–Trinajstić information content (AvgIpc) is 3.50. The number of ether oxygens (including phenoxy) is 1. The summed E-state index contributed by atoms with van der Waals surface area (Å²) < 4.78 is 5.27. The number of hydrogen-bond acceptors (Lipinski definition) is 7. The van der Waals surface area contributed by atoms with Crippen LogP contribution in [0.5, 0.6) is 0 Å². The van der Waals surface area contributed by atoms with E-state index < -0.39 is 0 Å². The molecule has 3 fully saturated rings. The van der Waals surface area contributed by atoms with Crippen LogP contribution in [0.3, 0.4) is 0 Å². The fourth-order valence-corrected chi connectivity index (χ4v) is 5.33. The summed E-state index contributed by atoms with van der Waals surface area (Å²) in [5, 5.41) is 20.5. The summed E-state index contributed by atoms with van der Waals surface area (Å²) in [6, 6.07) is 4.62. The Morgan fingerprint density at radius 3 is 2.50 bits per heavy atom. The summed E-state index contributed by atoms with van der Waals surface area (Å²) in [7, 11) is 1.72. The van der Waals surface area contributed by atoms with Gasteiger partial charge in [-0.1, -0.05) is 12.8 Å². The third-order valence-corrected chi connectivity index (χ3v) is 7.46. The van der Waals surface area contributed by atoms with Crippen LogP contribution in [0.1, 0.15) is 75.8 Å². The predicted molar refractivity (Wildman–Crippen MR) is 130 cm³/mol. The molecule has 3 aliphatic rings. The number of nitrogens with one attached hydrogen (secondary N) is 5. The Kier molecular flexibility index (Phi) is 7.13. The van der Waals surface area contributed by atoms with E-state index in [1.54, 1.807) is 13.3 Å². The second kappa shape index (κ2) is 10.6. The maximum Gasteiger partial charge on any atom is 0.315 e. The molecule has 0 bridgehead atoms. The highest BCUT2D eigenvalue weighted by Crippen LogP contribution is 2.34. The second-order valence-electron chi connectivity index (χ2n) is 9.92. The van der Waals surface area contributed by atoms with Crippen molar-refractivity contribution in [3.05, 3.63) is 24.0 Å². The Morgan fingerprint density at radius 2 is 1.74 bits per heavy atom. The number of H-pyrrole nitrogens is 1. The molecule has 10 nitrogen and oxygen atoms in total. The molecule has 2 aromatic heterocycles. The van der Waals surface area contributed by atoms with Gasteiger partial charge in [-0.3, -0.25) is 5.10 Å². The van der Waals surface area contributed by atoms with Gasteiger partial charge in [-0.15, -0.1) is 0 Å². The van der Waals surface area contributed by atoms with Gasteiger partial charge in [0.2, 0.25) is 5.95 Å². The van der Waals surface area contributed by atoms with Crippen LogP contribution in [0.15, 0.2) is 18.3 Å². The monoisotopic (exact) mass is 468 g/mol. The molecule has 0 atom stereocenters. The number of aromatic amines is 1. The van der Waals surface area contributed by atoms with Gasteiger partial charge in [0.1, 0.15) is 5.82 Å². The lowest BCUT2D eigenvalue weighted by molar-refractivity contribution is 0.0204. The van der Waals surface area contributed by atoms with E-state index in [1.165, 1.54) is 31.4 Å². The molecule has 10 heteroatoms. The number of amides is 2. The largest absolute Gasteiger partial charge is 0.381 e. The zero-order chi connectivity index (χ0) is 23.3. The molecule has 0 unspecified atom stereocenters. The fourth-order valence-electron chi connectivity index (χ4n) is 5.33. The summed E-state index contributed by atoms with van der Waals surface area (Å²) in [5.41, 5.74) is 1.21. The molecule has 184 valence electrons. The smallest absolute Gasteiger partial charge is 0.315 e. The standard InChI is InChI=1S/C24H36N8O2/c1-34-19-12-18(13-19)28-24(33)27-17-8-6-16(7-9-17)26-23-25-11-10-21(30-23)29-22-14-20(31-32-22)15-4-2-3-5-15/h10-11,14-19H,2-9,12-13H2,1H3,(H2,27,28,33)(H3,25,26,29,30,31,32). The van der Waals surface area contributed by atoms with Gasteiger partial charge in [-0.25, -0.2) is 9.78 Å². The Hall–Kier alpha value is -2.88. The van der Waals surface area contributed by atoms with Crippen LogP contribution in [0, 0.1) is 0 Å². The molecule has 3 aliphatic carbocycles. The molecule has 0 aromatic carbocycles. The van der Waals surface area contributed by atoms with Crippen molar-refractivity contribution in [1.82, 2.24) is 30.8 Å². The molecule has 0 spiro atoms. The Bertz CT molecular complexity index is 946. The minimum Gasteiger partial charge on any atom is -0.381 e. The summed E-state index contributed by atoms with van der Waals surface area (Å²) in [6.45, 7) is 0. The Balaban J connectivity index is 1.05. The number of anilines is 3. The highest BCUT2D eigenvalue weighted by Gasteiger charge is 2.31. The maximum atomic E-state index is 12.2. The molecule has 3 saturated carbocycles. The molecule has 0 aliphatic heterocycles. The van der Waals surface area contributed by atoms with Gasteiger partial charge in [0, 0.05) is 49.1 Å². The number of carbonyl (C=O) groups is 1. The molecule has 0 saturated heterocycles. The van der Waals surface area contributed by atoms with Crippen LogP contribution in [0.4, 0.5) is 22.4 Å². The third-order valence-electron chi connectivity index (χ3n) is 7.46. The van der Waals surface area contributed by atoms with Gasteiger partial charge >= 0.3 is 6.03 Å². The van der Waals surface area contributed by atoms with Gasteiger partial charge < -0.3 is 26.0 Å². The van der Waals surface area contributed by atoms with E-state index in [-0.39, 0.29) is 24.2 Å². The molecule has 5 N–H and O–H groups in total. The predicted octanol–water partition coefficient (Wildman–Crippen LogP) is 3.80. The number of methoxy groups -OCH3 is 1. The molecule has 2 aromatic rings. The molecule has 34 heavy (non-hydrogen) atoms. The SMILES string of the molecule is COC1CC(NC(=O)NC2CCC(Nc3nccc(Nc4cc(C5CCCC5)[nH]n4)n3)CC2)C1. The lowest BCUT2D eigenvalue weighted by Gasteiger charge is -2.35. The van der Waals surface area contributed by atoms with Crippen LogP contribution in [0.2, 0.25) is 0 Å². The van der Waals surface area contributed by atoms with E-state index in [2.05, 4.69) is 47.5 Å². The van der Waals surface area contributed by atoms with Gasteiger partial charge in [-0.2, -0.15) is 10.1 Å². The number of aromatic nitrogens is 4. The minimum atomic E-state index is -0.0625. The highest BCUT2D eigenvalue weighted by molar-refractivity contribution is 5.74. The van der Waals surface area contributed by atoms with E-state index in [9.17, 15) is 4.79 Å². The number of urea groups is 1. The van der Waals surface area contributed by atoms with E-state index >= 15 is 0 Å². The Labute approximate surface area is 200 Å². The number of rotatable bonds is 8. The van der Waals surface area contributed by atoms with Gasteiger partial charge in [0.15, 0.2) is 5.82 Å². The fraction of sp³-hybridized carbons (Fsp3) is 0.667. The summed E-state index contributed by atoms with van der Waals surface area (Å²) in [5.74, 6) is 2.72. The maximum absolute atomic E-state index is 12.2. The van der Waals surface area contributed by atoms with Crippen molar-refractivity contribution in [2.75, 3.05) is 17.7 Å². The minimum absolute atomic E-state index is 0.0625. The topological polar surface area (TPSA) is 129 Å². The quantitative estimate of drug-likeness (QED) is 0.398. The molecule has 0 radical (unpaired) electrons. The number of carbonyl (C=O) groups excluding carboxylic acids is 1. The van der Waals surface area contributed by atoms with Crippen LogP contribution < -0.4 is 21.3 Å². The van der Waals surface area contributed by atoms with Crippen molar-refractivity contribution in [3.8, 4) is 0 Å². The molecule has 2 amide bonds. The van der Waals surface area contributed by atoms with Crippen LogP contribution in [-0.2, 0) is 4.74 Å². The van der Waals surface area contributed by atoms with Crippen LogP contribution in [0.25, 0.3) is 0 Å². The second-order valence-corrected chi connectivity index (χ2v) is 9.92. The van der Waals surface area contributed by atoms with Crippen molar-refractivity contribution >= 4 is 23.6 Å². The first kappa shape index (κ1) is 22.9. The van der Waals surface area contributed by atoms with Crippen molar-refractivity contribution < 1.29 is 9.53 Å². The average molecular weight is 469 g/mol. The lowest BCUT2D eigenvalue weighted by atomic mass is 9.89. The van der Waals surface area contributed by atoms with Crippen LogP contribution >= 0.6 is 0 Å². The van der Waals surface area contributed by atoms with Gasteiger partial charge in [0.05, 0.1) is 6.10 Å². The van der Waals surface area contributed by atoms with E-state index in [4.69, 9.17) is 4.74 Å². The molecule has 2 heterocycles. The zero-order valence-electron chi connectivity index (χ0n) is 19.8. The zero-order valence-corrected chi connectivity index (χ0v) is 19.8. The molecule has 5 rings (SSSR count). The van der Waals surface area contributed by atoms with Crippen molar-refractivity contribution in [2.45, 2.75) is 94.4 Å².